The second-order valence-electron chi connectivity index (χ2n) is 5.91. The van der Waals surface area contributed by atoms with Gasteiger partial charge < -0.3 is 15.4 Å². The molecule has 1 saturated heterocycles. The lowest BCUT2D eigenvalue weighted by molar-refractivity contribution is 0.122. The number of nitrogens with zero attached hydrogens (tertiary/aromatic N) is 5. The van der Waals surface area contributed by atoms with Crippen LogP contribution in [0.3, 0.4) is 0 Å². The van der Waals surface area contributed by atoms with Crippen molar-refractivity contribution in [3.63, 3.8) is 0 Å². The monoisotopic (exact) mass is 404 g/mol. The van der Waals surface area contributed by atoms with Crippen LogP contribution in [0.1, 0.15) is 17.0 Å². The Balaban J connectivity index is 1.69. The van der Waals surface area contributed by atoms with E-state index in [0.29, 0.717) is 36.5 Å². The zero-order valence-electron chi connectivity index (χ0n) is 13.7. The Morgan fingerprint density at radius 3 is 2.80 bits per heavy atom. The molecule has 0 amide bonds. The Labute approximate surface area is 152 Å². The molecule has 1 aliphatic rings. The minimum Gasteiger partial charge on any atom is -0.396 e. The lowest BCUT2D eigenvalue weighted by atomic mass is 10.1. The first-order chi connectivity index (χ1) is 12.1. The molecule has 9 heteroatoms. The zero-order chi connectivity index (χ0) is 17.4. The Morgan fingerprint density at radius 2 is 2.00 bits per heavy atom. The highest BCUT2D eigenvalue weighted by Gasteiger charge is 2.18. The number of hydrogen-bond acceptors (Lipinski definition) is 8. The van der Waals surface area contributed by atoms with Crippen LogP contribution in [0.15, 0.2) is 21.2 Å². The molecule has 4 rings (SSSR count). The third kappa shape index (κ3) is 3.05. The number of aromatic nitrogens is 4. The smallest absolute Gasteiger partial charge is 0.226 e. The Bertz CT molecular complexity index is 922. The minimum atomic E-state index is 0.427. The van der Waals surface area contributed by atoms with Crippen molar-refractivity contribution in [1.29, 1.82) is 0 Å². The van der Waals surface area contributed by atoms with Gasteiger partial charge in [0.1, 0.15) is 5.82 Å². The Morgan fingerprint density at radius 1 is 1.20 bits per heavy atom. The molecule has 3 aromatic heterocycles. The standard InChI is InChI=1S/C16H17BrN6O2/c1-9-11(13(18)14-15(19-9)22-25-21-14)8-10-2-3-12(17)16(20-10)23-4-6-24-7-5-23/h2-3H,4-8,18H2,1H3. The highest BCUT2D eigenvalue weighted by Crippen LogP contribution is 2.28. The normalized spacial score (nSPS) is 15.0. The first-order valence-electron chi connectivity index (χ1n) is 7.99. The molecule has 0 spiro atoms. The molecule has 0 radical (unpaired) electrons. The zero-order valence-corrected chi connectivity index (χ0v) is 15.3. The third-order valence-corrected chi connectivity index (χ3v) is 4.93. The second-order valence-corrected chi connectivity index (χ2v) is 6.76. The van der Waals surface area contributed by atoms with Crippen molar-refractivity contribution in [2.75, 3.05) is 36.9 Å². The van der Waals surface area contributed by atoms with Crippen molar-refractivity contribution in [2.45, 2.75) is 13.3 Å². The SMILES string of the molecule is Cc1nc2nonc2c(N)c1Cc1ccc(Br)c(N2CCOCC2)n1. The summed E-state index contributed by atoms with van der Waals surface area (Å²) in [7, 11) is 0. The van der Waals surface area contributed by atoms with Crippen LogP contribution in [0, 0.1) is 6.92 Å². The van der Waals surface area contributed by atoms with Gasteiger partial charge in [-0.2, -0.15) is 0 Å². The number of pyridine rings is 2. The van der Waals surface area contributed by atoms with Gasteiger partial charge in [-0.05, 0) is 45.3 Å². The van der Waals surface area contributed by atoms with E-state index in [9.17, 15) is 0 Å². The maximum absolute atomic E-state index is 6.26. The summed E-state index contributed by atoms with van der Waals surface area (Å²) in [6, 6.07) is 4.00. The highest BCUT2D eigenvalue weighted by atomic mass is 79.9. The van der Waals surface area contributed by atoms with Crippen LogP contribution in [0.25, 0.3) is 11.2 Å². The summed E-state index contributed by atoms with van der Waals surface area (Å²) in [6.07, 6.45) is 0.568. The van der Waals surface area contributed by atoms with Crippen LogP contribution in [-0.2, 0) is 11.2 Å². The molecule has 2 N–H and O–H groups in total. The van der Waals surface area contributed by atoms with E-state index in [2.05, 4.69) is 36.1 Å². The van der Waals surface area contributed by atoms with E-state index in [1.807, 2.05) is 19.1 Å². The fraction of sp³-hybridized carbons (Fsp3) is 0.375. The number of fused-ring (bicyclic) bond motifs is 1. The molecule has 0 bridgehead atoms. The van der Waals surface area contributed by atoms with E-state index in [4.69, 9.17) is 20.1 Å². The highest BCUT2D eigenvalue weighted by molar-refractivity contribution is 9.10. The number of nitrogens with two attached hydrogens (primary N) is 1. The number of halogens is 1. The summed E-state index contributed by atoms with van der Waals surface area (Å²) in [5.74, 6) is 0.925. The Kier molecular flexibility index (Phi) is 4.26. The molecular formula is C16H17BrN6O2. The number of hydrogen-bond donors (Lipinski definition) is 1. The van der Waals surface area contributed by atoms with E-state index in [1.165, 1.54) is 0 Å². The van der Waals surface area contributed by atoms with Gasteiger partial charge in [-0.1, -0.05) is 0 Å². The van der Waals surface area contributed by atoms with Crippen molar-refractivity contribution >= 4 is 38.6 Å². The van der Waals surface area contributed by atoms with E-state index in [0.717, 1.165) is 40.3 Å². The van der Waals surface area contributed by atoms with Crippen LogP contribution in [0.4, 0.5) is 11.5 Å². The molecule has 0 aliphatic carbocycles. The fourth-order valence-corrected chi connectivity index (χ4v) is 3.43. The van der Waals surface area contributed by atoms with Gasteiger partial charge in [0.25, 0.3) is 0 Å². The number of aryl methyl sites for hydroxylation is 1. The van der Waals surface area contributed by atoms with Gasteiger partial charge in [-0.15, -0.1) is 0 Å². The summed E-state index contributed by atoms with van der Waals surface area (Å²) in [5, 5.41) is 7.60. The number of nitrogen functional groups attached to an aromatic ring is 1. The first kappa shape index (κ1) is 16.2. The van der Waals surface area contributed by atoms with Crippen LogP contribution in [-0.4, -0.2) is 46.6 Å². The van der Waals surface area contributed by atoms with Crippen molar-refractivity contribution in [2.24, 2.45) is 0 Å². The first-order valence-corrected chi connectivity index (χ1v) is 8.78. The maximum Gasteiger partial charge on any atom is 0.226 e. The fourth-order valence-electron chi connectivity index (χ4n) is 2.96. The molecule has 130 valence electrons. The summed E-state index contributed by atoms with van der Waals surface area (Å²) in [5.41, 5.74) is 10.3. The van der Waals surface area contributed by atoms with Gasteiger partial charge in [0.05, 0.1) is 23.4 Å². The number of anilines is 2. The van der Waals surface area contributed by atoms with Crippen LogP contribution >= 0.6 is 15.9 Å². The predicted octanol–water partition coefficient (Wildman–Crippen LogP) is 2.09. The predicted molar refractivity (Wildman–Crippen MR) is 96.5 cm³/mol. The van der Waals surface area contributed by atoms with E-state index >= 15 is 0 Å². The molecule has 25 heavy (non-hydrogen) atoms. The average molecular weight is 405 g/mol. The van der Waals surface area contributed by atoms with Gasteiger partial charge in [0, 0.05) is 36.5 Å². The summed E-state index contributed by atoms with van der Waals surface area (Å²) < 4.78 is 11.1. The van der Waals surface area contributed by atoms with Crippen molar-refractivity contribution < 1.29 is 9.37 Å². The average Bonchev–Trinajstić information content (AvgIpc) is 3.09. The van der Waals surface area contributed by atoms with Gasteiger partial charge >= 0.3 is 0 Å². The van der Waals surface area contributed by atoms with Gasteiger partial charge in [-0.25, -0.2) is 14.6 Å². The quantitative estimate of drug-likeness (QED) is 0.707. The second kappa shape index (κ2) is 6.57. The molecule has 0 atom stereocenters. The topological polar surface area (TPSA) is 103 Å². The molecule has 1 fully saturated rings. The molecule has 0 saturated carbocycles. The van der Waals surface area contributed by atoms with E-state index in [-0.39, 0.29) is 0 Å². The maximum atomic E-state index is 6.26. The summed E-state index contributed by atoms with van der Waals surface area (Å²) >= 11 is 3.60. The van der Waals surface area contributed by atoms with Crippen LogP contribution < -0.4 is 10.6 Å². The molecule has 0 unspecified atom stereocenters. The molecular weight excluding hydrogens is 388 g/mol. The van der Waals surface area contributed by atoms with Crippen molar-refractivity contribution in [1.82, 2.24) is 20.3 Å². The molecule has 0 aromatic carbocycles. The van der Waals surface area contributed by atoms with E-state index < -0.39 is 0 Å². The van der Waals surface area contributed by atoms with Crippen LogP contribution in [0.2, 0.25) is 0 Å². The number of ether oxygens (including phenoxy) is 1. The van der Waals surface area contributed by atoms with Gasteiger partial charge in [0.15, 0.2) is 5.52 Å². The van der Waals surface area contributed by atoms with Crippen LogP contribution in [0.5, 0.6) is 0 Å². The van der Waals surface area contributed by atoms with Crippen molar-refractivity contribution in [3.05, 3.63) is 33.6 Å². The lowest BCUT2D eigenvalue weighted by Gasteiger charge is -2.29. The number of rotatable bonds is 3. The minimum absolute atomic E-state index is 0.427. The summed E-state index contributed by atoms with van der Waals surface area (Å²) in [4.78, 5) is 11.5. The molecule has 8 nitrogen and oxygen atoms in total. The largest absolute Gasteiger partial charge is 0.396 e. The molecule has 4 heterocycles. The summed E-state index contributed by atoms with van der Waals surface area (Å²) in [6.45, 7) is 4.98. The van der Waals surface area contributed by atoms with E-state index in [1.54, 1.807) is 0 Å². The molecule has 1 aliphatic heterocycles. The number of morpholine rings is 1. The Hall–Kier alpha value is -2.26. The molecule has 3 aromatic rings. The third-order valence-electron chi connectivity index (χ3n) is 4.32. The van der Waals surface area contributed by atoms with Gasteiger partial charge in [-0.3, -0.25) is 0 Å². The van der Waals surface area contributed by atoms with Gasteiger partial charge in [0.2, 0.25) is 5.65 Å². The lowest BCUT2D eigenvalue weighted by Crippen LogP contribution is -2.37. The van der Waals surface area contributed by atoms with Crippen molar-refractivity contribution in [3.8, 4) is 0 Å².